The smallest absolute Gasteiger partial charge is 0.264 e. The number of aromatic nitrogens is 2. The predicted octanol–water partition coefficient (Wildman–Crippen LogP) is 2.56. The van der Waals surface area contributed by atoms with Gasteiger partial charge in [-0.15, -0.1) is 0 Å². The minimum Gasteiger partial charge on any atom is -0.483 e. The Morgan fingerprint density at radius 2 is 2.20 bits per heavy atom. The van der Waals surface area contributed by atoms with Gasteiger partial charge in [-0.2, -0.15) is 4.98 Å². The summed E-state index contributed by atoms with van der Waals surface area (Å²) >= 11 is 2.22. The number of rotatable bonds is 3. The van der Waals surface area contributed by atoms with Crippen molar-refractivity contribution in [3.63, 3.8) is 0 Å². The number of para-hydroxylation sites is 1. The Bertz CT molecular complexity index is 456. The number of ether oxygens (including phenoxy) is 1. The molecule has 4 nitrogen and oxygen atoms in total. The molecule has 15 heavy (non-hydrogen) atoms. The molecule has 0 fully saturated rings. The van der Waals surface area contributed by atoms with E-state index in [2.05, 4.69) is 32.7 Å². The zero-order valence-electron chi connectivity index (χ0n) is 8.11. The highest BCUT2D eigenvalue weighted by molar-refractivity contribution is 14.1. The normalized spacial score (nSPS) is 10.3. The second-order valence-corrected chi connectivity index (χ2v) is 4.12. The molecule has 0 aliphatic heterocycles. The fraction of sp³-hybridized carbons (Fsp3) is 0.200. The highest BCUT2D eigenvalue weighted by Gasteiger charge is 2.04. The lowest BCUT2D eigenvalue weighted by Crippen LogP contribution is -1.97. The van der Waals surface area contributed by atoms with E-state index in [-0.39, 0.29) is 0 Å². The summed E-state index contributed by atoms with van der Waals surface area (Å²) in [7, 11) is 0. The average Bonchev–Trinajstić information content (AvgIpc) is 2.63. The SMILES string of the molecule is Cc1noc(COc2ccccc2I)n1. The molecule has 1 heterocycles. The maximum absolute atomic E-state index is 5.53. The largest absolute Gasteiger partial charge is 0.483 e. The molecule has 1 aromatic carbocycles. The van der Waals surface area contributed by atoms with E-state index in [1.807, 2.05) is 24.3 Å². The van der Waals surface area contributed by atoms with E-state index in [0.29, 0.717) is 18.3 Å². The number of benzene rings is 1. The van der Waals surface area contributed by atoms with Gasteiger partial charge in [0, 0.05) is 0 Å². The van der Waals surface area contributed by atoms with Crippen molar-refractivity contribution in [3.8, 4) is 5.75 Å². The van der Waals surface area contributed by atoms with Crippen LogP contribution < -0.4 is 4.74 Å². The van der Waals surface area contributed by atoms with E-state index in [9.17, 15) is 0 Å². The number of aryl methyl sites for hydroxylation is 1. The Morgan fingerprint density at radius 1 is 1.40 bits per heavy atom. The fourth-order valence-electron chi connectivity index (χ4n) is 1.10. The zero-order valence-corrected chi connectivity index (χ0v) is 10.3. The van der Waals surface area contributed by atoms with Crippen molar-refractivity contribution in [2.45, 2.75) is 13.5 Å². The van der Waals surface area contributed by atoms with Crippen LogP contribution in [0.15, 0.2) is 28.8 Å². The lowest BCUT2D eigenvalue weighted by atomic mass is 10.3. The molecular formula is C10H9IN2O2. The third kappa shape index (κ3) is 2.68. The highest BCUT2D eigenvalue weighted by atomic mass is 127. The minimum atomic E-state index is 0.306. The third-order valence-corrected chi connectivity index (χ3v) is 2.65. The highest BCUT2D eigenvalue weighted by Crippen LogP contribution is 2.20. The molecule has 5 heteroatoms. The molecule has 0 saturated carbocycles. The lowest BCUT2D eigenvalue weighted by Gasteiger charge is -2.04. The summed E-state index contributed by atoms with van der Waals surface area (Å²) in [4.78, 5) is 4.05. The minimum absolute atomic E-state index is 0.306. The Labute approximate surface area is 101 Å². The van der Waals surface area contributed by atoms with Crippen molar-refractivity contribution in [3.05, 3.63) is 39.6 Å². The molecule has 0 unspecified atom stereocenters. The standard InChI is InChI=1S/C10H9IN2O2/c1-7-12-10(15-13-7)6-14-9-5-3-2-4-8(9)11/h2-5H,6H2,1H3. The van der Waals surface area contributed by atoms with Crippen molar-refractivity contribution < 1.29 is 9.26 Å². The first-order chi connectivity index (χ1) is 7.25. The molecular weight excluding hydrogens is 307 g/mol. The van der Waals surface area contributed by atoms with Crippen LogP contribution in [0.5, 0.6) is 5.75 Å². The van der Waals surface area contributed by atoms with Gasteiger partial charge in [0.1, 0.15) is 5.75 Å². The quantitative estimate of drug-likeness (QED) is 0.817. The fourth-order valence-corrected chi connectivity index (χ4v) is 1.64. The predicted molar refractivity (Wildman–Crippen MR) is 62.5 cm³/mol. The molecule has 0 bridgehead atoms. The van der Waals surface area contributed by atoms with Crippen molar-refractivity contribution in [2.24, 2.45) is 0 Å². The molecule has 0 amide bonds. The van der Waals surface area contributed by atoms with Crippen LogP contribution in [0.25, 0.3) is 0 Å². The van der Waals surface area contributed by atoms with Gasteiger partial charge in [0.15, 0.2) is 12.4 Å². The Kier molecular flexibility index (Phi) is 3.20. The van der Waals surface area contributed by atoms with Gasteiger partial charge in [-0.3, -0.25) is 0 Å². The van der Waals surface area contributed by atoms with Gasteiger partial charge in [0.05, 0.1) is 3.57 Å². The van der Waals surface area contributed by atoms with Gasteiger partial charge >= 0.3 is 0 Å². The van der Waals surface area contributed by atoms with E-state index in [4.69, 9.17) is 9.26 Å². The lowest BCUT2D eigenvalue weighted by molar-refractivity contribution is 0.241. The summed E-state index contributed by atoms with van der Waals surface area (Å²) in [6.07, 6.45) is 0. The molecule has 78 valence electrons. The average molecular weight is 316 g/mol. The van der Waals surface area contributed by atoms with Crippen LogP contribution in [0.3, 0.4) is 0 Å². The summed E-state index contributed by atoms with van der Waals surface area (Å²) in [6, 6.07) is 7.78. The summed E-state index contributed by atoms with van der Waals surface area (Å²) in [5.74, 6) is 1.94. The van der Waals surface area contributed by atoms with Crippen molar-refractivity contribution in [1.29, 1.82) is 0 Å². The molecule has 1 aromatic heterocycles. The summed E-state index contributed by atoms with van der Waals surface area (Å²) in [5, 5.41) is 3.68. The Hall–Kier alpha value is -1.11. The summed E-state index contributed by atoms with van der Waals surface area (Å²) in [6.45, 7) is 2.08. The molecule has 0 radical (unpaired) electrons. The van der Waals surface area contributed by atoms with Crippen LogP contribution >= 0.6 is 22.6 Å². The van der Waals surface area contributed by atoms with Crippen LogP contribution in [0.4, 0.5) is 0 Å². The topological polar surface area (TPSA) is 48.2 Å². The monoisotopic (exact) mass is 316 g/mol. The first kappa shape index (κ1) is 10.4. The Morgan fingerprint density at radius 3 is 2.87 bits per heavy atom. The van der Waals surface area contributed by atoms with E-state index in [1.54, 1.807) is 6.92 Å². The third-order valence-electron chi connectivity index (χ3n) is 1.76. The number of nitrogens with zero attached hydrogens (tertiary/aromatic N) is 2. The van der Waals surface area contributed by atoms with Gasteiger partial charge in [0.25, 0.3) is 5.89 Å². The van der Waals surface area contributed by atoms with E-state index in [0.717, 1.165) is 9.32 Å². The second-order valence-electron chi connectivity index (χ2n) is 2.95. The van der Waals surface area contributed by atoms with Crippen LogP contribution in [-0.4, -0.2) is 10.1 Å². The van der Waals surface area contributed by atoms with Crippen molar-refractivity contribution in [1.82, 2.24) is 10.1 Å². The van der Waals surface area contributed by atoms with Gasteiger partial charge in [0.2, 0.25) is 0 Å². The summed E-state index contributed by atoms with van der Waals surface area (Å²) < 4.78 is 11.5. The van der Waals surface area contributed by atoms with Gasteiger partial charge in [-0.1, -0.05) is 17.3 Å². The first-order valence-corrected chi connectivity index (χ1v) is 5.50. The molecule has 0 aliphatic carbocycles. The van der Waals surface area contributed by atoms with Crippen molar-refractivity contribution >= 4 is 22.6 Å². The Balaban J connectivity index is 2.02. The molecule has 2 rings (SSSR count). The molecule has 0 atom stereocenters. The van der Waals surface area contributed by atoms with E-state index >= 15 is 0 Å². The van der Waals surface area contributed by atoms with E-state index < -0.39 is 0 Å². The van der Waals surface area contributed by atoms with Gasteiger partial charge < -0.3 is 9.26 Å². The van der Waals surface area contributed by atoms with Gasteiger partial charge in [-0.05, 0) is 41.6 Å². The number of halogens is 1. The van der Waals surface area contributed by atoms with Crippen LogP contribution in [0.2, 0.25) is 0 Å². The van der Waals surface area contributed by atoms with Gasteiger partial charge in [-0.25, -0.2) is 0 Å². The molecule has 0 N–H and O–H groups in total. The van der Waals surface area contributed by atoms with E-state index in [1.165, 1.54) is 0 Å². The molecule has 2 aromatic rings. The second kappa shape index (κ2) is 4.61. The van der Waals surface area contributed by atoms with Crippen LogP contribution in [-0.2, 0) is 6.61 Å². The van der Waals surface area contributed by atoms with Crippen LogP contribution in [0, 0.1) is 10.5 Å². The maximum atomic E-state index is 5.53. The number of hydrogen-bond acceptors (Lipinski definition) is 4. The number of hydrogen-bond donors (Lipinski definition) is 0. The summed E-state index contributed by atoms with van der Waals surface area (Å²) in [5.41, 5.74) is 0. The molecule has 0 spiro atoms. The molecule has 0 saturated heterocycles. The zero-order chi connectivity index (χ0) is 10.7. The first-order valence-electron chi connectivity index (χ1n) is 4.42. The van der Waals surface area contributed by atoms with Crippen molar-refractivity contribution in [2.75, 3.05) is 0 Å². The van der Waals surface area contributed by atoms with Crippen LogP contribution in [0.1, 0.15) is 11.7 Å². The molecule has 0 aliphatic rings. The maximum Gasteiger partial charge on any atom is 0.264 e.